The summed E-state index contributed by atoms with van der Waals surface area (Å²) in [6.07, 6.45) is 3.09. The third kappa shape index (κ3) is 7.57. The van der Waals surface area contributed by atoms with Crippen LogP contribution in [0.5, 0.6) is 28.7 Å². The SMILES string of the molecule is COc1ccc(OP(=O)(Oc2ccc(OC)cc2)[n+]2ccc(N)cc2)cc1.[O-]c1cccc(Cl)c1. The summed E-state index contributed by atoms with van der Waals surface area (Å²) in [6, 6.07) is 22.8. The van der Waals surface area contributed by atoms with Crippen LogP contribution in [-0.4, -0.2) is 14.2 Å². The van der Waals surface area contributed by atoms with E-state index in [2.05, 4.69) is 0 Å². The van der Waals surface area contributed by atoms with Crippen LogP contribution >= 0.6 is 19.3 Å². The van der Waals surface area contributed by atoms with E-state index in [9.17, 15) is 9.67 Å². The minimum absolute atomic E-state index is 0.0440. The Balaban J connectivity index is 0.000000363. The van der Waals surface area contributed by atoms with Gasteiger partial charge in [-0.25, -0.2) is 0 Å². The maximum atomic E-state index is 13.6. The topological polar surface area (TPSA) is 107 Å². The standard InChI is InChI=1S/C19H19N2O5P.C6H5ClO/c1-23-16-3-7-18(8-4-16)25-27(22,21-13-11-15(20)12-14-21)26-19-9-5-17(24-2)6-10-19;7-5-2-1-3-6(8)4-5/h3-14,20H,1-2H3;1-4,8H. The van der Waals surface area contributed by atoms with Gasteiger partial charge in [0, 0.05) is 22.8 Å². The zero-order valence-electron chi connectivity index (χ0n) is 19.0. The van der Waals surface area contributed by atoms with Crippen molar-refractivity contribution in [3.63, 3.8) is 0 Å². The minimum Gasteiger partial charge on any atom is -0.872 e. The molecule has 0 aliphatic carbocycles. The lowest BCUT2D eigenvalue weighted by molar-refractivity contribution is -0.536. The molecule has 10 heteroatoms. The highest BCUT2D eigenvalue weighted by Crippen LogP contribution is 2.44. The number of halogens is 1. The molecule has 0 unspecified atom stereocenters. The van der Waals surface area contributed by atoms with Crippen LogP contribution < -0.4 is 33.7 Å². The van der Waals surface area contributed by atoms with E-state index < -0.39 is 7.75 Å². The molecule has 0 aliphatic rings. The summed E-state index contributed by atoms with van der Waals surface area (Å²) in [5, 5.41) is 10.9. The van der Waals surface area contributed by atoms with Crippen LogP contribution in [0.25, 0.3) is 0 Å². The van der Waals surface area contributed by atoms with E-state index >= 15 is 0 Å². The van der Waals surface area contributed by atoms with Crippen LogP contribution in [0, 0.1) is 0 Å². The number of hydrogen-bond donors (Lipinski definition) is 1. The van der Waals surface area contributed by atoms with Crippen molar-refractivity contribution in [1.29, 1.82) is 0 Å². The predicted octanol–water partition coefficient (Wildman–Crippen LogP) is 5.10. The lowest BCUT2D eigenvalue weighted by atomic mass is 10.3. The molecule has 0 fully saturated rings. The molecule has 2 N–H and O–H groups in total. The molecule has 4 rings (SSSR count). The molecule has 0 saturated carbocycles. The Morgan fingerprint density at radius 2 is 1.23 bits per heavy atom. The average molecular weight is 515 g/mol. The van der Waals surface area contributed by atoms with Crippen LogP contribution in [0.15, 0.2) is 97.3 Å². The number of hydrogen-bond acceptors (Lipinski definition) is 7. The molecule has 0 spiro atoms. The summed E-state index contributed by atoms with van der Waals surface area (Å²) in [5.74, 6) is 2.02. The van der Waals surface area contributed by atoms with Crippen LogP contribution in [0.3, 0.4) is 0 Å². The third-order valence-electron chi connectivity index (χ3n) is 4.48. The highest BCUT2D eigenvalue weighted by molar-refractivity contribution is 7.47. The van der Waals surface area contributed by atoms with Gasteiger partial charge in [-0.2, -0.15) is 4.57 Å². The Morgan fingerprint density at radius 3 is 1.60 bits per heavy atom. The van der Waals surface area contributed by atoms with E-state index in [0.717, 1.165) is 0 Å². The Bertz CT molecular complexity index is 1200. The number of nitrogen functional groups attached to an aromatic ring is 1. The van der Waals surface area contributed by atoms with Gasteiger partial charge in [0.05, 0.1) is 14.2 Å². The molecule has 0 aliphatic heterocycles. The van der Waals surface area contributed by atoms with Gasteiger partial charge in [0.1, 0.15) is 23.0 Å². The Morgan fingerprint density at radius 1 is 0.771 bits per heavy atom. The van der Waals surface area contributed by atoms with Gasteiger partial charge in [0.2, 0.25) is 0 Å². The number of ether oxygens (including phenoxy) is 2. The molecule has 4 aromatic rings. The van der Waals surface area contributed by atoms with Gasteiger partial charge in [-0.1, -0.05) is 34.1 Å². The lowest BCUT2D eigenvalue weighted by Crippen LogP contribution is -2.35. The second-order valence-electron chi connectivity index (χ2n) is 6.97. The number of nitrogens with zero attached hydrogens (tertiary/aromatic N) is 1. The number of methoxy groups -OCH3 is 2. The molecular weight excluding hydrogens is 491 g/mol. The van der Waals surface area contributed by atoms with Gasteiger partial charge < -0.3 is 29.4 Å². The number of pyridine rings is 1. The molecule has 0 saturated heterocycles. The van der Waals surface area contributed by atoms with Crippen LogP contribution in [0.1, 0.15) is 0 Å². The van der Waals surface area contributed by atoms with E-state index in [1.165, 1.54) is 16.5 Å². The van der Waals surface area contributed by atoms with E-state index in [4.69, 9.17) is 35.9 Å². The zero-order valence-corrected chi connectivity index (χ0v) is 20.7. The van der Waals surface area contributed by atoms with Gasteiger partial charge in [-0.3, -0.25) is 0 Å². The zero-order chi connectivity index (χ0) is 25.3. The number of nitrogens with two attached hydrogens (primary N) is 1. The Hall–Kier alpha value is -3.87. The molecule has 3 aromatic carbocycles. The van der Waals surface area contributed by atoms with Gasteiger partial charge in [0.15, 0.2) is 12.4 Å². The molecular formula is C25H24ClN2O6P. The van der Waals surface area contributed by atoms with Crippen molar-refractivity contribution in [1.82, 2.24) is 0 Å². The normalized spacial score (nSPS) is 10.5. The second-order valence-corrected chi connectivity index (χ2v) is 9.17. The first kappa shape index (κ1) is 25.7. The first-order chi connectivity index (χ1) is 16.8. The summed E-state index contributed by atoms with van der Waals surface area (Å²) < 4.78 is 36.7. The van der Waals surface area contributed by atoms with Gasteiger partial charge in [0.25, 0.3) is 0 Å². The van der Waals surface area contributed by atoms with Crippen molar-refractivity contribution in [3.8, 4) is 28.7 Å². The summed E-state index contributed by atoms with van der Waals surface area (Å²) in [7, 11) is -0.669. The molecule has 35 heavy (non-hydrogen) atoms. The quantitative estimate of drug-likeness (QED) is 0.342. The van der Waals surface area contributed by atoms with Crippen LogP contribution in [-0.2, 0) is 4.57 Å². The summed E-state index contributed by atoms with van der Waals surface area (Å²) in [5.41, 5.74) is 6.26. The first-order valence-corrected chi connectivity index (χ1v) is 12.2. The van der Waals surface area contributed by atoms with Crippen molar-refractivity contribution in [3.05, 3.63) is 102 Å². The van der Waals surface area contributed by atoms with Gasteiger partial charge >= 0.3 is 7.75 Å². The molecule has 182 valence electrons. The summed E-state index contributed by atoms with van der Waals surface area (Å²) >= 11 is 5.44. The second kappa shape index (κ2) is 12.0. The van der Waals surface area contributed by atoms with Crippen LogP contribution in [0.2, 0.25) is 5.02 Å². The van der Waals surface area contributed by atoms with Crippen molar-refractivity contribution < 1.29 is 32.5 Å². The molecule has 8 nitrogen and oxygen atoms in total. The molecule has 0 atom stereocenters. The lowest BCUT2D eigenvalue weighted by Gasteiger charge is -2.14. The Labute approximate surface area is 208 Å². The number of aromatic nitrogens is 1. The number of benzene rings is 3. The van der Waals surface area contributed by atoms with Crippen molar-refractivity contribution in [2.24, 2.45) is 0 Å². The monoisotopic (exact) mass is 514 g/mol. The van der Waals surface area contributed by atoms with Crippen molar-refractivity contribution in [2.75, 3.05) is 20.0 Å². The maximum absolute atomic E-state index is 13.6. The van der Waals surface area contributed by atoms with Gasteiger partial charge in [-0.05, 0) is 54.6 Å². The highest BCUT2D eigenvalue weighted by Gasteiger charge is 2.42. The summed E-state index contributed by atoms with van der Waals surface area (Å²) in [4.78, 5) is 0. The van der Waals surface area contributed by atoms with E-state index in [0.29, 0.717) is 33.7 Å². The van der Waals surface area contributed by atoms with Crippen molar-refractivity contribution in [2.45, 2.75) is 0 Å². The molecule has 1 heterocycles. The van der Waals surface area contributed by atoms with E-state index in [1.807, 2.05) is 0 Å². The highest BCUT2D eigenvalue weighted by atomic mass is 35.5. The third-order valence-corrected chi connectivity index (χ3v) is 6.43. The van der Waals surface area contributed by atoms with E-state index in [1.54, 1.807) is 99.4 Å². The fraction of sp³-hybridized carbons (Fsp3) is 0.0800. The van der Waals surface area contributed by atoms with Crippen molar-refractivity contribution >= 4 is 25.0 Å². The number of anilines is 1. The molecule has 0 radical (unpaired) electrons. The van der Waals surface area contributed by atoms with Gasteiger partial charge in [-0.15, -0.1) is 5.75 Å². The largest absolute Gasteiger partial charge is 0.872 e. The first-order valence-electron chi connectivity index (χ1n) is 10.3. The maximum Gasteiger partial charge on any atom is 0.728 e. The smallest absolute Gasteiger partial charge is 0.728 e. The minimum atomic E-state index is -3.80. The fourth-order valence-electron chi connectivity index (χ4n) is 2.71. The average Bonchev–Trinajstić information content (AvgIpc) is 2.85. The van der Waals surface area contributed by atoms with Crippen LogP contribution in [0.4, 0.5) is 5.69 Å². The Kier molecular flexibility index (Phi) is 8.84. The fourth-order valence-corrected chi connectivity index (χ4v) is 4.36. The van der Waals surface area contributed by atoms with E-state index in [-0.39, 0.29) is 5.75 Å². The molecule has 0 bridgehead atoms. The summed E-state index contributed by atoms with van der Waals surface area (Å²) in [6.45, 7) is 0. The molecule has 1 aromatic heterocycles. The molecule has 0 amide bonds. The number of rotatable bonds is 7. The predicted molar refractivity (Wildman–Crippen MR) is 132 cm³/mol.